The summed E-state index contributed by atoms with van der Waals surface area (Å²) in [6.07, 6.45) is 0. The molecule has 0 spiro atoms. The molecule has 0 fully saturated rings. The van der Waals surface area contributed by atoms with Crippen molar-refractivity contribution in [1.29, 1.82) is 0 Å². The summed E-state index contributed by atoms with van der Waals surface area (Å²) in [5, 5.41) is 0. The van der Waals surface area contributed by atoms with Crippen molar-refractivity contribution >= 4 is 0 Å². The van der Waals surface area contributed by atoms with Crippen LogP contribution in [0.4, 0.5) is 4.39 Å². The van der Waals surface area contributed by atoms with Crippen LogP contribution in [0.1, 0.15) is 5.69 Å². The average Bonchev–Trinajstić information content (AvgIpc) is 2.19. The average molecular weight is 378 g/mol. The number of nitrogens with zero attached hydrogens (tertiary/aromatic N) is 1. The number of hydrogen-bond acceptors (Lipinski definition) is 1. The molecule has 1 aromatic carbocycles. The van der Waals surface area contributed by atoms with Crippen molar-refractivity contribution in [2.24, 2.45) is 0 Å². The van der Waals surface area contributed by atoms with Crippen LogP contribution in [0.5, 0.6) is 0 Å². The predicted octanol–water partition coefficient (Wildman–Crippen LogP) is 2.99. The molecule has 1 heterocycles. The molecule has 1 nitrogen and oxygen atoms in total. The number of benzene rings is 1. The van der Waals surface area contributed by atoms with Gasteiger partial charge in [0.15, 0.2) is 0 Å². The van der Waals surface area contributed by atoms with Gasteiger partial charge in [0.05, 0.1) is 0 Å². The molecule has 0 unspecified atom stereocenters. The van der Waals surface area contributed by atoms with E-state index in [1.165, 1.54) is 12.1 Å². The van der Waals surface area contributed by atoms with Crippen LogP contribution < -0.4 is 0 Å². The van der Waals surface area contributed by atoms with E-state index in [0.29, 0.717) is 0 Å². The van der Waals surface area contributed by atoms with Crippen LogP contribution in [0.15, 0.2) is 36.4 Å². The van der Waals surface area contributed by atoms with E-state index < -0.39 is 0 Å². The van der Waals surface area contributed by atoms with E-state index in [-0.39, 0.29) is 25.9 Å². The van der Waals surface area contributed by atoms with E-state index >= 15 is 0 Å². The fourth-order valence-electron chi connectivity index (χ4n) is 1.26. The third-order valence-electron chi connectivity index (χ3n) is 1.94. The fourth-order valence-corrected chi connectivity index (χ4v) is 1.26. The fraction of sp³-hybridized carbons (Fsp3) is 0.0833. The second kappa shape index (κ2) is 5.15. The van der Waals surface area contributed by atoms with E-state index in [4.69, 9.17) is 0 Å². The second-order valence-corrected chi connectivity index (χ2v) is 3.08. The topological polar surface area (TPSA) is 12.9 Å². The van der Waals surface area contributed by atoms with Crippen molar-refractivity contribution in [3.05, 3.63) is 54.0 Å². The molecule has 0 N–H and O–H groups in total. The third-order valence-corrected chi connectivity index (χ3v) is 1.94. The van der Waals surface area contributed by atoms with E-state index in [2.05, 4.69) is 11.1 Å². The Morgan fingerprint density at radius 1 is 1.20 bits per heavy atom. The van der Waals surface area contributed by atoms with Gasteiger partial charge >= 0.3 is 0 Å². The van der Waals surface area contributed by atoms with Gasteiger partial charge in [-0.05, 0) is 18.7 Å². The zero-order valence-electron chi connectivity index (χ0n) is 8.12. The maximum absolute atomic E-state index is 12.6. The molecule has 0 atom stereocenters. The Balaban J connectivity index is 0.00000112. The van der Waals surface area contributed by atoms with Crippen molar-refractivity contribution in [3.63, 3.8) is 0 Å². The number of halogens is 1. The van der Waals surface area contributed by atoms with Crippen molar-refractivity contribution in [2.75, 3.05) is 0 Å². The summed E-state index contributed by atoms with van der Waals surface area (Å²) in [6, 6.07) is 13.0. The SMILES string of the molecule is Cc1cccc(-c2[c-]cc(F)cc2)n1.[Ir]. The quantitative estimate of drug-likeness (QED) is 0.696. The molecule has 0 amide bonds. The van der Waals surface area contributed by atoms with E-state index in [1.807, 2.05) is 25.1 Å². The molecule has 2 aromatic rings. The predicted molar refractivity (Wildman–Crippen MR) is 53.2 cm³/mol. The standard InChI is InChI=1S/C12H9FN.Ir/c1-9-3-2-4-12(14-9)10-5-7-11(13)8-6-10;/h2-5,7-8H,1H3;/q-1;. The number of hydrogen-bond donors (Lipinski definition) is 0. The normalized spacial score (nSPS) is 9.47. The van der Waals surface area contributed by atoms with Crippen LogP contribution in [-0.2, 0) is 20.1 Å². The Labute approximate surface area is 102 Å². The summed E-state index contributed by atoms with van der Waals surface area (Å²) in [7, 11) is 0. The van der Waals surface area contributed by atoms with Crippen LogP contribution in [0.3, 0.4) is 0 Å². The van der Waals surface area contributed by atoms with Gasteiger partial charge in [-0.2, -0.15) is 0 Å². The van der Waals surface area contributed by atoms with E-state index in [0.717, 1.165) is 17.0 Å². The summed E-state index contributed by atoms with van der Waals surface area (Å²) in [6.45, 7) is 1.92. The molecule has 1 radical (unpaired) electrons. The first-order chi connectivity index (χ1) is 6.75. The maximum Gasteiger partial charge on any atom is 0.0379 e. The largest absolute Gasteiger partial charge is 0.302 e. The summed E-state index contributed by atoms with van der Waals surface area (Å²) >= 11 is 0. The molecule has 0 saturated heterocycles. The molecular weight excluding hydrogens is 369 g/mol. The van der Waals surface area contributed by atoms with Gasteiger partial charge in [-0.15, -0.1) is 29.8 Å². The van der Waals surface area contributed by atoms with Crippen LogP contribution in [0.2, 0.25) is 0 Å². The van der Waals surface area contributed by atoms with Gasteiger partial charge in [-0.25, -0.2) is 0 Å². The van der Waals surface area contributed by atoms with Crippen molar-refractivity contribution in [3.8, 4) is 11.3 Å². The monoisotopic (exact) mass is 379 g/mol. The minimum Gasteiger partial charge on any atom is -0.302 e. The molecule has 1 aromatic heterocycles. The Morgan fingerprint density at radius 3 is 2.60 bits per heavy atom. The van der Waals surface area contributed by atoms with Gasteiger partial charge in [0.2, 0.25) is 0 Å². The van der Waals surface area contributed by atoms with Gasteiger partial charge in [-0.1, -0.05) is 12.1 Å². The number of rotatable bonds is 1. The Hall–Kier alpha value is -1.05. The van der Waals surface area contributed by atoms with E-state index in [1.54, 1.807) is 6.07 Å². The molecule has 3 heteroatoms. The van der Waals surface area contributed by atoms with Crippen LogP contribution in [0.25, 0.3) is 11.3 Å². The molecule has 0 aliphatic carbocycles. The Bertz CT molecular complexity index is 440. The minimum atomic E-state index is -0.276. The number of aromatic nitrogens is 1. The van der Waals surface area contributed by atoms with Gasteiger partial charge in [0, 0.05) is 31.6 Å². The second-order valence-electron chi connectivity index (χ2n) is 3.08. The Kier molecular flexibility index (Phi) is 4.13. The van der Waals surface area contributed by atoms with Gasteiger partial charge in [0.25, 0.3) is 0 Å². The van der Waals surface area contributed by atoms with Crippen molar-refractivity contribution in [1.82, 2.24) is 4.98 Å². The molecular formula is C12H9FIrN-. The zero-order valence-corrected chi connectivity index (χ0v) is 10.5. The molecule has 0 bridgehead atoms. The smallest absolute Gasteiger partial charge is 0.0379 e. The van der Waals surface area contributed by atoms with Gasteiger partial charge in [0.1, 0.15) is 0 Å². The molecule has 0 saturated carbocycles. The number of aryl methyl sites for hydroxylation is 1. The Morgan fingerprint density at radius 2 is 2.00 bits per heavy atom. The summed E-state index contributed by atoms with van der Waals surface area (Å²) in [5.74, 6) is -0.276. The molecule has 2 rings (SSSR count). The third kappa shape index (κ3) is 2.95. The summed E-state index contributed by atoms with van der Waals surface area (Å²) in [5.41, 5.74) is 2.58. The maximum atomic E-state index is 12.6. The van der Waals surface area contributed by atoms with Crippen LogP contribution >= 0.6 is 0 Å². The van der Waals surface area contributed by atoms with Gasteiger partial charge in [-0.3, -0.25) is 4.39 Å². The van der Waals surface area contributed by atoms with Gasteiger partial charge < -0.3 is 4.98 Å². The first-order valence-corrected chi connectivity index (χ1v) is 4.37. The number of pyridine rings is 1. The molecule has 79 valence electrons. The molecule has 15 heavy (non-hydrogen) atoms. The molecule has 0 aliphatic rings. The summed E-state index contributed by atoms with van der Waals surface area (Å²) < 4.78 is 12.6. The minimum absolute atomic E-state index is 0. The van der Waals surface area contributed by atoms with Crippen LogP contribution in [-0.4, -0.2) is 4.98 Å². The molecule has 0 aliphatic heterocycles. The van der Waals surface area contributed by atoms with Crippen molar-refractivity contribution < 1.29 is 24.5 Å². The zero-order chi connectivity index (χ0) is 9.97. The van der Waals surface area contributed by atoms with Crippen molar-refractivity contribution in [2.45, 2.75) is 6.92 Å². The summed E-state index contributed by atoms with van der Waals surface area (Å²) in [4.78, 5) is 4.32. The first kappa shape index (κ1) is 12.0. The van der Waals surface area contributed by atoms with Crippen LogP contribution in [0, 0.1) is 18.8 Å². The first-order valence-electron chi connectivity index (χ1n) is 4.37. The van der Waals surface area contributed by atoms with E-state index in [9.17, 15) is 4.39 Å².